The van der Waals surface area contributed by atoms with Gasteiger partial charge >= 0.3 is 0 Å². The van der Waals surface area contributed by atoms with Crippen LogP contribution in [0.1, 0.15) is 39.5 Å². The van der Waals surface area contributed by atoms with Crippen LogP contribution in [0.15, 0.2) is 0 Å². The SMILES string of the molecule is CNC(CO)(CN1CCCC1C(C)C)C1CC1. The minimum Gasteiger partial charge on any atom is -0.394 e. The van der Waals surface area contributed by atoms with Crippen LogP contribution in [0.5, 0.6) is 0 Å². The van der Waals surface area contributed by atoms with E-state index in [-0.39, 0.29) is 12.1 Å². The Morgan fingerprint density at radius 3 is 2.53 bits per heavy atom. The molecule has 2 rings (SSSR count). The summed E-state index contributed by atoms with van der Waals surface area (Å²) < 4.78 is 0. The molecule has 2 atom stereocenters. The molecule has 0 spiro atoms. The fourth-order valence-corrected chi connectivity index (χ4v) is 3.47. The molecule has 0 aromatic carbocycles. The Morgan fingerprint density at radius 1 is 1.35 bits per heavy atom. The number of hydrogen-bond acceptors (Lipinski definition) is 3. The van der Waals surface area contributed by atoms with Crippen LogP contribution < -0.4 is 5.32 Å². The number of aliphatic hydroxyl groups excluding tert-OH is 1. The van der Waals surface area contributed by atoms with Crippen LogP contribution in [0.25, 0.3) is 0 Å². The number of likely N-dealkylation sites (N-methyl/N-ethyl adjacent to an activating group) is 1. The first-order valence-electron chi connectivity index (χ1n) is 7.17. The topological polar surface area (TPSA) is 35.5 Å². The lowest BCUT2D eigenvalue weighted by molar-refractivity contribution is 0.0811. The number of rotatable bonds is 6. The van der Waals surface area contributed by atoms with Gasteiger partial charge in [-0.3, -0.25) is 4.90 Å². The molecular weight excluding hydrogens is 212 g/mol. The normalized spacial score (nSPS) is 29.8. The molecule has 1 saturated heterocycles. The molecule has 1 aliphatic carbocycles. The quantitative estimate of drug-likeness (QED) is 0.738. The molecule has 1 heterocycles. The fraction of sp³-hybridized carbons (Fsp3) is 1.00. The molecule has 1 saturated carbocycles. The lowest BCUT2D eigenvalue weighted by atomic mass is 9.92. The van der Waals surface area contributed by atoms with E-state index in [0.717, 1.165) is 12.5 Å². The second-order valence-electron chi connectivity index (χ2n) is 6.26. The summed E-state index contributed by atoms with van der Waals surface area (Å²) in [6.45, 7) is 7.14. The van der Waals surface area contributed by atoms with E-state index in [2.05, 4.69) is 24.1 Å². The zero-order valence-electron chi connectivity index (χ0n) is 11.6. The molecule has 3 nitrogen and oxygen atoms in total. The molecular formula is C14H28N2O. The highest BCUT2D eigenvalue weighted by Crippen LogP contribution is 2.41. The van der Waals surface area contributed by atoms with E-state index in [0.29, 0.717) is 12.0 Å². The first-order chi connectivity index (χ1) is 8.13. The minimum absolute atomic E-state index is 0.0442. The van der Waals surface area contributed by atoms with Crippen LogP contribution >= 0.6 is 0 Å². The van der Waals surface area contributed by atoms with Crippen LogP contribution in [0.4, 0.5) is 0 Å². The highest BCUT2D eigenvalue weighted by atomic mass is 16.3. The van der Waals surface area contributed by atoms with Gasteiger partial charge in [0.25, 0.3) is 0 Å². The van der Waals surface area contributed by atoms with E-state index >= 15 is 0 Å². The maximum atomic E-state index is 9.78. The Morgan fingerprint density at radius 2 is 2.06 bits per heavy atom. The van der Waals surface area contributed by atoms with Gasteiger partial charge in [0.2, 0.25) is 0 Å². The van der Waals surface area contributed by atoms with Crippen LogP contribution in [0.2, 0.25) is 0 Å². The lowest BCUT2D eigenvalue weighted by Gasteiger charge is -2.39. The van der Waals surface area contributed by atoms with Gasteiger partial charge in [0.05, 0.1) is 12.1 Å². The Balaban J connectivity index is 2.02. The van der Waals surface area contributed by atoms with Crippen LogP contribution in [-0.2, 0) is 0 Å². The molecule has 0 bridgehead atoms. The third kappa shape index (κ3) is 2.67. The van der Waals surface area contributed by atoms with Crippen molar-refractivity contribution in [1.29, 1.82) is 0 Å². The van der Waals surface area contributed by atoms with Crippen molar-refractivity contribution in [3.05, 3.63) is 0 Å². The van der Waals surface area contributed by atoms with Gasteiger partial charge in [-0.05, 0) is 51.1 Å². The van der Waals surface area contributed by atoms with Gasteiger partial charge in [0.15, 0.2) is 0 Å². The molecule has 2 unspecified atom stereocenters. The van der Waals surface area contributed by atoms with E-state index in [4.69, 9.17) is 0 Å². The number of likely N-dealkylation sites (tertiary alicyclic amines) is 1. The van der Waals surface area contributed by atoms with Gasteiger partial charge in [-0.2, -0.15) is 0 Å². The minimum atomic E-state index is -0.0442. The predicted octanol–water partition coefficient (Wildman–Crippen LogP) is 1.47. The average molecular weight is 240 g/mol. The molecule has 0 aromatic rings. The highest BCUT2D eigenvalue weighted by Gasteiger charge is 2.46. The molecule has 1 aliphatic heterocycles. The van der Waals surface area contributed by atoms with E-state index in [1.807, 2.05) is 7.05 Å². The van der Waals surface area contributed by atoms with Crippen LogP contribution in [-0.4, -0.2) is 48.3 Å². The molecule has 17 heavy (non-hydrogen) atoms. The summed E-state index contributed by atoms with van der Waals surface area (Å²) in [4.78, 5) is 2.61. The van der Waals surface area contributed by atoms with Crippen molar-refractivity contribution in [3.63, 3.8) is 0 Å². The largest absolute Gasteiger partial charge is 0.394 e. The Bertz CT molecular complexity index is 247. The molecule has 2 N–H and O–H groups in total. The molecule has 0 aromatic heterocycles. The Labute approximate surface area is 106 Å². The second-order valence-corrected chi connectivity index (χ2v) is 6.26. The summed E-state index contributed by atoms with van der Waals surface area (Å²) in [5, 5.41) is 13.2. The van der Waals surface area contributed by atoms with Gasteiger partial charge in [0, 0.05) is 12.6 Å². The molecule has 2 aliphatic rings. The average Bonchev–Trinajstić information content (AvgIpc) is 3.06. The van der Waals surface area contributed by atoms with Crippen molar-refractivity contribution in [2.24, 2.45) is 11.8 Å². The summed E-state index contributed by atoms with van der Waals surface area (Å²) in [7, 11) is 2.01. The van der Waals surface area contributed by atoms with E-state index in [1.165, 1.54) is 32.2 Å². The summed E-state index contributed by atoms with van der Waals surface area (Å²) in [5.74, 6) is 1.41. The van der Waals surface area contributed by atoms with Crippen molar-refractivity contribution in [2.45, 2.75) is 51.1 Å². The standard InChI is InChI=1S/C14H28N2O/c1-11(2)13-5-4-8-16(13)9-14(10-17,15-3)12-6-7-12/h11-13,15,17H,4-10H2,1-3H3. The molecule has 100 valence electrons. The number of hydrogen-bond donors (Lipinski definition) is 2. The molecule has 0 amide bonds. The molecule has 3 heteroatoms. The smallest absolute Gasteiger partial charge is 0.0628 e. The first kappa shape index (κ1) is 13.3. The summed E-state index contributed by atoms with van der Waals surface area (Å²) in [6, 6.07) is 0.716. The van der Waals surface area contributed by atoms with Crippen molar-refractivity contribution in [2.75, 3.05) is 26.7 Å². The van der Waals surface area contributed by atoms with Gasteiger partial charge < -0.3 is 10.4 Å². The van der Waals surface area contributed by atoms with Gasteiger partial charge in [-0.25, -0.2) is 0 Å². The van der Waals surface area contributed by atoms with Crippen molar-refractivity contribution < 1.29 is 5.11 Å². The van der Waals surface area contributed by atoms with Crippen LogP contribution in [0, 0.1) is 11.8 Å². The van der Waals surface area contributed by atoms with E-state index in [9.17, 15) is 5.11 Å². The third-order valence-corrected chi connectivity index (χ3v) is 4.81. The third-order valence-electron chi connectivity index (χ3n) is 4.81. The van der Waals surface area contributed by atoms with Crippen molar-refractivity contribution in [3.8, 4) is 0 Å². The summed E-state index contributed by atoms with van der Waals surface area (Å²) in [5.41, 5.74) is -0.0442. The Hall–Kier alpha value is -0.120. The highest BCUT2D eigenvalue weighted by molar-refractivity contribution is 5.03. The molecule has 2 fully saturated rings. The number of nitrogens with zero attached hydrogens (tertiary/aromatic N) is 1. The lowest BCUT2D eigenvalue weighted by Crippen LogP contribution is -2.57. The van der Waals surface area contributed by atoms with Gasteiger partial charge in [0.1, 0.15) is 0 Å². The number of aliphatic hydroxyl groups is 1. The monoisotopic (exact) mass is 240 g/mol. The Kier molecular flexibility index (Phi) is 4.11. The van der Waals surface area contributed by atoms with E-state index < -0.39 is 0 Å². The first-order valence-corrected chi connectivity index (χ1v) is 7.17. The van der Waals surface area contributed by atoms with Crippen molar-refractivity contribution >= 4 is 0 Å². The van der Waals surface area contributed by atoms with Gasteiger partial charge in [-0.15, -0.1) is 0 Å². The number of nitrogens with one attached hydrogen (secondary N) is 1. The van der Waals surface area contributed by atoms with Gasteiger partial charge in [-0.1, -0.05) is 13.8 Å². The van der Waals surface area contributed by atoms with Crippen molar-refractivity contribution in [1.82, 2.24) is 10.2 Å². The zero-order valence-corrected chi connectivity index (χ0v) is 11.6. The zero-order chi connectivity index (χ0) is 12.5. The molecule has 0 radical (unpaired) electrons. The second kappa shape index (κ2) is 5.25. The summed E-state index contributed by atoms with van der Waals surface area (Å²) in [6.07, 6.45) is 5.20. The summed E-state index contributed by atoms with van der Waals surface area (Å²) >= 11 is 0. The maximum Gasteiger partial charge on any atom is 0.0628 e. The maximum absolute atomic E-state index is 9.78. The predicted molar refractivity (Wildman–Crippen MR) is 71.0 cm³/mol. The fourth-order valence-electron chi connectivity index (χ4n) is 3.47. The van der Waals surface area contributed by atoms with E-state index in [1.54, 1.807) is 0 Å². The van der Waals surface area contributed by atoms with Crippen LogP contribution in [0.3, 0.4) is 0 Å².